The number of ether oxygens (including phenoxy) is 3. The lowest BCUT2D eigenvalue weighted by Gasteiger charge is -2.36. The van der Waals surface area contributed by atoms with Gasteiger partial charge in [-0.25, -0.2) is 0 Å². The van der Waals surface area contributed by atoms with Gasteiger partial charge >= 0.3 is 5.97 Å². The third-order valence-corrected chi connectivity index (χ3v) is 8.28. The highest BCUT2D eigenvalue weighted by Gasteiger charge is 2.33. The smallest absolute Gasteiger partial charge is 0.316 e. The van der Waals surface area contributed by atoms with E-state index in [1.165, 1.54) is 18.2 Å². The topological polar surface area (TPSA) is 75.5 Å². The summed E-state index contributed by atoms with van der Waals surface area (Å²) >= 11 is 4.77. The summed E-state index contributed by atoms with van der Waals surface area (Å²) in [5.41, 5.74) is 0.865. The van der Waals surface area contributed by atoms with Crippen LogP contribution in [-0.2, 0) is 16.1 Å². The molecule has 204 valence electrons. The Morgan fingerprint density at radius 1 is 1.05 bits per heavy atom. The molecule has 1 saturated carbocycles. The monoisotopic (exact) mass is 601 g/mol. The summed E-state index contributed by atoms with van der Waals surface area (Å²) in [6, 6.07) is 15.4. The van der Waals surface area contributed by atoms with Crippen molar-refractivity contribution in [3.63, 3.8) is 0 Å². The molecule has 9 heteroatoms. The second kappa shape index (κ2) is 13.5. The highest BCUT2D eigenvalue weighted by Crippen LogP contribution is 2.35. The molecule has 0 bridgehead atoms. The third kappa shape index (κ3) is 7.53. The summed E-state index contributed by atoms with van der Waals surface area (Å²) in [5.74, 6) is 3.58. The van der Waals surface area contributed by atoms with Crippen molar-refractivity contribution < 1.29 is 19.0 Å². The van der Waals surface area contributed by atoms with Gasteiger partial charge in [0.25, 0.3) is 0 Å². The first-order valence-electron chi connectivity index (χ1n) is 13.2. The fourth-order valence-corrected chi connectivity index (χ4v) is 5.88. The number of aromatic nitrogens is 3. The zero-order chi connectivity index (χ0) is 27.1. The fraction of sp³-hybridized carbons (Fsp3) is 0.483. The number of hydrogen-bond acceptors (Lipinski definition) is 7. The number of carbonyl (C=O) groups excluding carboxylic acids is 1. The minimum absolute atomic E-state index is 0.0225. The van der Waals surface area contributed by atoms with Gasteiger partial charge in [-0.2, -0.15) is 0 Å². The molecule has 3 aromatic rings. The Morgan fingerprint density at radius 2 is 1.74 bits per heavy atom. The van der Waals surface area contributed by atoms with Crippen LogP contribution in [0.1, 0.15) is 52.8 Å². The van der Waals surface area contributed by atoms with Crippen LogP contribution in [0.4, 0.5) is 0 Å². The molecule has 1 aliphatic carbocycles. The van der Waals surface area contributed by atoms with Crippen LogP contribution in [0.3, 0.4) is 0 Å². The molecule has 1 heterocycles. The van der Waals surface area contributed by atoms with Crippen LogP contribution >= 0.6 is 27.7 Å². The largest absolute Gasteiger partial charge is 0.494 e. The number of nitrogens with zero attached hydrogens (tertiary/aromatic N) is 3. The van der Waals surface area contributed by atoms with Crippen LogP contribution in [0, 0.1) is 17.8 Å². The molecule has 2 aromatic carbocycles. The molecule has 1 fully saturated rings. The van der Waals surface area contributed by atoms with E-state index in [2.05, 4.69) is 46.9 Å². The van der Waals surface area contributed by atoms with Gasteiger partial charge in [-0.3, -0.25) is 9.36 Å². The van der Waals surface area contributed by atoms with Crippen LogP contribution in [0.25, 0.3) is 5.69 Å². The summed E-state index contributed by atoms with van der Waals surface area (Å²) in [5, 5.41) is 9.41. The molecule has 0 radical (unpaired) electrons. The lowest BCUT2D eigenvalue weighted by Crippen LogP contribution is -2.36. The van der Waals surface area contributed by atoms with Crippen molar-refractivity contribution in [3.8, 4) is 17.2 Å². The van der Waals surface area contributed by atoms with Crippen LogP contribution in [0.15, 0.2) is 58.2 Å². The van der Waals surface area contributed by atoms with Gasteiger partial charge in [-0.1, -0.05) is 54.9 Å². The average molecular weight is 603 g/mol. The van der Waals surface area contributed by atoms with Crippen molar-refractivity contribution in [2.75, 3.05) is 12.4 Å². The molecule has 1 aliphatic rings. The second-order valence-corrected chi connectivity index (χ2v) is 11.9. The van der Waals surface area contributed by atoms with E-state index in [0.29, 0.717) is 35.3 Å². The maximum atomic E-state index is 12.9. The van der Waals surface area contributed by atoms with E-state index < -0.39 is 0 Å². The first-order valence-corrected chi connectivity index (χ1v) is 15.0. The summed E-state index contributed by atoms with van der Waals surface area (Å²) in [4.78, 5) is 12.9. The first kappa shape index (κ1) is 28.5. The Bertz CT molecular complexity index is 1180. The number of carbonyl (C=O) groups is 1. The van der Waals surface area contributed by atoms with Crippen LogP contribution in [0.5, 0.6) is 11.5 Å². The van der Waals surface area contributed by atoms with E-state index >= 15 is 0 Å². The van der Waals surface area contributed by atoms with Gasteiger partial charge in [0.1, 0.15) is 24.2 Å². The predicted molar refractivity (Wildman–Crippen MR) is 153 cm³/mol. The molecule has 0 saturated heterocycles. The second-order valence-electron chi connectivity index (χ2n) is 10.0. The normalized spacial score (nSPS) is 19.4. The minimum atomic E-state index is -0.214. The molecule has 0 aliphatic heterocycles. The van der Waals surface area contributed by atoms with Crippen LogP contribution in [-0.4, -0.2) is 39.2 Å². The molecular weight excluding hydrogens is 566 g/mol. The SMILES string of the molecule is CCOc1ccc(-n2c(COc3ccc(Br)cc3)nnc2SCC(=O)O[C@@H]2C[C@@H](C)CC[C@H]2C(C)C)cc1. The Morgan fingerprint density at radius 3 is 2.42 bits per heavy atom. The zero-order valence-corrected chi connectivity index (χ0v) is 24.8. The first-order chi connectivity index (χ1) is 18.3. The molecule has 0 unspecified atom stereocenters. The average Bonchev–Trinajstić information content (AvgIpc) is 3.30. The Labute approximate surface area is 237 Å². The summed E-state index contributed by atoms with van der Waals surface area (Å²) in [6.45, 7) is 9.45. The number of hydrogen-bond donors (Lipinski definition) is 0. The lowest BCUT2D eigenvalue weighted by molar-refractivity contribution is -0.152. The summed E-state index contributed by atoms with van der Waals surface area (Å²) < 4.78 is 20.5. The van der Waals surface area contributed by atoms with Gasteiger partial charge in [0.15, 0.2) is 11.0 Å². The molecule has 0 amide bonds. The number of thioether (sulfide) groups is 1. The molecular formula is C29H36BrN3O4S. The van der Waals surface area contributed by atoms with Crippen molar-refractivity contribution in [2.24, 2.45) is 17.8 Å². The van der Waals surface area contributed by atoms with E-state index in [9.17, 15) is 4.79 Å². The number of rotatable bonds is 11. The summed E-state index contributed by atoms with van der Waals surface area (Å²) in [6.07, 6.45) is 3.21. The van der Waals surface area contributed by atoms with E-state index in [4.69, 9.17) is 14.2 Å². The molecule has 3 atom stereocenters. The Kier molecular flexibility index (Phi) is 10.1. The fourth-order valence-electron chi connectivity index (χ4n) is 4.86. The van der Waals surface area contributed by atoms with E-state index in [1.54, 1.807) is 0 Å². The van der Waals surface area contributed by atoms with Gasteiger partial charge in [0.05, 0.1) is 12.4 Å². The van der Waals surface area contributed by atoms with E-state index in [0.717, 1.165) is 34.5 Å². The van der Waals surface area contributed by atoms with Crippen molar-refractivity contribution in [1.82, 2.24) is 14.8 Å². The standard InChI is InChI=1S/C29H36BrN3O4S/c1-5-35-23-13-9-22(10-14-23)33-27(17-36-24-11-7-21(30)8-12-24)31-32-29(33)38-18-28(34)37-26-16-20(4)6-15-25(26)19(2)3/h7-14,19-20,25-26H,5-6,15-18H2,1-4H3/t20-,25-,26+/m0/s1. The van der Waals surface area contributed by atoms with E-state index in [1.807, 2.05) is 60.0 Å². The van der Waals surface area contributed by atoms with Gasteiger partial charge in [-0.05, 0) is 86.1 Å². The zero-order valence-electron chi connectivity index (χ0n) is 22.4. The quantitative estimate of drug-likeness (QED) is 0.171. The molecule has 38 heavy (non-hydrogen) atoms. The molecule has 4 rings (SSSR count). The Hall–Kier alpha value is -2.52. The molecule has 1 aromatic heterocycles. The number of benzene rings is 2. The maximum absolute atomic E-state index is 12.9. The Balaban J connectivity index is 1.49. The summed E-state index contributed by atoms with van der Waals surface area (Å²) in [7, 11) is 0. The van der Waals surface area contributed by atoms with Gasteiger partial charge in [0, 0.05) is 10.2 Å². The number of halogens is 1. The molecule has 0 spiro atoms. The number of esters is 1. The van der Waals surface area contributed by atoms with E-state index in [-0.39, 0.29) is 24.4 Å². The van der Waals surface area contributed by atoms with Crippen molar-refractivity contribution in [3.05, 3.63) is 58.8 Å². The maximum Gasteiger partial charge on any atom is 0.316 e. The van der Waals surface area contributed by atoms with Crippen molar-refractivity contribution in [2.45, 2.75) is 64.8 Å². The van der Waals surface area contributed by atoms with Crippen LogP contribution < -0.4 is 9.47 Å². The highest BCUT2D eigenvalue weighted by molar-refractivity contribution is 9.10. The van der Waals surface area contributed by atoms with Crippen LogP contribution in [0.2, 0.25) is 0 Å². The molecule has 0 N–H and O–H groups in total. The predicted octanol–water partition coefficient (Wildman–Crippen LogP) is 7.10. The van der Waals surface area contributed by atoms with Gasteiger partial charge in [0.2, 0.25) is 0 Å². The van der Waals surface area contributed by atoms with Gasteiger partial charge < -0.3 is 14.2 Å². The lowest BCUT2D eigenvalue weighted by atomic mass is 9.75. The third-order valence-electron chi connectivity index (χ3n) is 6.85. The van der Waals surface area contributed by atoms with Crippen molar-refractivity contribution in [1.29, 1.82) is 0 Å². The minimum Gasteiger partial charge on any atom is -0.494 e. The molecule has 7 nitrogen and oxygen atoms in total. The van der Waals surface area contributed by atoms with Crippen molar-refractivity contribution >= 4 is 33.7 Å². The highest BCUT2D eigenvalue weighted by atomic mass is 79.9. The van der Waals surface area contributed by atoms with Gasteiger partial charge in [-0.15, -0.1) is 10.2 Å².